The SMILES string of the molecule is CC(C)(C)Nc1nc(-c2ccc(F)cc2C(F)(F)F)no1. The predicted molar refractivity (Wildman–Crippen MR) is 68.1 cm³/mol. The van der Waals surface area contributed by atoms with Gasteiger partial charge in [-0.25, -0.2) is 4.39 Å². The third-order valence-electron chi connectivity index (χ3n) is 2.44. The summed E-state index contributed by atoms with van der Waals surface area (Å²) >= 11 is 0. The molecule has 0 spiro atoms. The lowest BCUT2D eigenvalue weighted by molar-refractivity contribution is -0.137. The van der Waals surface area contributed by atoms with Gasteiger partial charge in [-0.05, 0) is 39.0 Å². The van der Waals surface area contributed by atoms with Crippen molar-refractivity contribution in [2.24, 2.45) is 0 Å². The van der Waals surface area contributed by atoms with Gasteiger partial charge in [-0.1, -0.05) is 5.16 Å². The van der Waals surface area contributed by atoms with E-state index in [0.29, 0.717) is 6.07 Å². The van der Waals surface area contributed by atoms with Gasteiger partial charge < -0.3 is 9.84 Å². The summed E-state index contributed by atoms with van der Waals surface area (Å²) in [5, 5.41) is 6.35. The molecule has 2 rings (SSSR count). The molecule has 0 radical (unpaired) electrons. The van der Waals surface area contributed by atoms with Gasteiger partial charge in [0.2, 0.25) is 5.82 Å². The molecule has 2 aromatic rings. The van der Waals surface area contributed by atoms with Gasteiger partial charge in [0.25, 0.3) is 0 Å². The van der Waals surface area contributed by atoms with Crippen LogP contribution in [0.1, 0.15) is 26.3 Å². The van der Waals surface area contributed by atoms with Gasteiger partial charge in [-0.2, -0.15) is 18.2 Å². The highest BCUT2D eigenvalue weighted by Gasteiger charge is 2.35. The monoisotopic (exact) mass is 303 g/mol. The lowest BCUT2D eigenvalue weighted by atomic mass is 10.1. The average Bonchev–Trinajstić information content (AvgIpc) is 2.73. The third-order valence-corrected chi connectivity index (χ3v) is 2.44. The first-order valence-corrected chi connectivity index (χ1v) is 6.05. The topological polar surface area (TPSA) is 51.0 Å². The molecule has 0 atom stereocenters. The molecule has 0 aliphatic heterocycles. The molecular weight excluding hydrogens is 290 g/mol. The Bertz CT molecular complexity index is 644. The van der Waals surface area contributed by atoms with Crippen molar-refractivity contribution in [3.8, 4) is 11.4 Å². The highest BCUT2D eigenvalue weighted by molar-refractivity contribution is 5.61. The van der Waals surface area contributed by atoms with Crippen LogP contribution < -0.4 is 5.32 Å². The van der Waals surface area contributed by atoms with Crippen LogP contribution in [0.25, 0.3) is 11.4 Å². The third kappa shape index (κ3) is 3.71. The van der Waals surface area contributed by atoms with E-state index in [9.17, 15) is 17.6 Å². The van der Waals surface area contributed by atoms with Crippen molar-refractivity contribution in [2.45, 2.75) is 32.5 Å². The lowest BCUT2D eigenvalue weighted by Gasteiger charge is -2.17. The molecule has 0 aliphatic carbocycles. The average molecular weight is 303 g/mol. The Morgan fingerprint density at radius 3 is 2.38 bits per heavy atom. The van der Waals surface area contributed by atoms with Gasteiger partial charge in [0.15, 0.2) is 0 Å². The van der Waals surface area contributed by atoms with Gasteiger partial charge in [-0.15, -0.1) is 0 Å². The second kappa shape index (κ2) is 5.01. The highest BCUT2D eigenvalue weighted by Crippen LogP contribution is 2.36. The summed E-state index contributed by atoms with van der Waals surface area (Å²) in [6.07, 6.45) is -4.71. The summed E-state index contributed by atoms with van der Waals surface area (Å²) in [7, 11) is 0. The number of halogens is 4. The van der Waals surface area contributed by atoms with Gasteiger partial charge in [-0.3, -0.25) is 0 Å². The van der Waals surface area contributed by atoms with Crippen molar-refractivity contribution in [1.82, 2.24) is 10.1 Å². The molecule has 0 saturated carbocycles. The summed E-state index contributed by atoms with van der Waals surface area (Å²) < 4.78 is 56.7. The number of hydrogen-bond acceptors (Lipinski definition) is 4. The minimum atomic E-state index is -4.71. The number of aromatic nitrogens is 2. The largest absolute Gasteiger partial charge is 0.417 e. The highest BCUT2D eigenvalue weighted by atomic mass is 19.4. The molecule has 1 N–H and O–H groups in total. The van der Waals surface area contributed by atoms with Crippen molar-refractivity contribution < 1.29 is 22.1 Å². The van der Waals surface area contributed by atoms with Crippen LogP contribution in [0.2, 0.25) is 0 Å². The van der Waals surface area contributed by atoms with E-state index in [4.69, 9.17) is 4.52 Å². The molecule has 4 nitrogen and oxygen atoms in total. The predicted octanol–water partition coefficient (Wildman–Crippen LogP) is 4.10. The molecular formula is C13H13F4N3O. The van der Waals surface area contributed by atoms with Crippen LogP contribution in [0.15, 0.2) is 22.7 Å². The van der Waals surface area contributed by atoms with E-state index < -0.39 is 17.6 Å². The Hall–Kier alpha value is -2.12. The first-order chi connectivity index (χ1) is 9.56. The van der Waals surface area contributed by atoms with Crippen LogP contribution >= 0.6 is 0 Å². The molecule has 0 aliphatic rings. The van der Waals surface area contributed by atoms with E-state index in [1.54, 1.807) is 0 Å². The standard InChI is InChI=1S/C13H13F4N3O/c1-12(2,3)19-11-18-10(20-21-11)8-5-4-7(14)6-9(8)13(15,16)17/h4-6H,1-3H3,(H,18,19,20). The fourth-order valence-electron chi connectivity index (χ4n) is 1.65. The number of nitrogens with zero attached hydrogens (tertiary/aromatic N) is 2. The van der Waals surface area contributed by atoms with Crippen LogP contribution in [-0.2, 0) is 6.18 Å². The van der Waals surface area contributed by atoms with Gasteiger partial charge in [0, 0.05) is 11.1 Å². The summed E-state index contributed by atoms with van der Waals surface area (Å²) in [5.74, 6) is -1.24. The Morgan fingerprint density at radius 2 is 1.81 bits per heavy atom. The van der Waals surface area contributed by atoms with E-state index in [-0.39, 0.29) is 22.9 Å². The summed E-state index contributed by atoms with van der Waals surface area (Å²) in [6, 6.07) is 2.29. The van der Waals surface area contributed by atoms with Crippen molar-refractivity contribution in [1.29, 1.82) is 0 Å². The van der Waals surface area contributed by atoms with E-state index in [1.165, 1.54) is 0 Å². The number of alkyl halides is 3. The number of nitrogens with one attached hydrogen (secondary N) is 1. The first-order valence-electron chi connectivity index (χ1n) is 6.05. The first kappa shape index (κ1) is 15.3. The Labute approximate surface area is 118 Å². The Kier molecular flexibility index (Phi) is 3.65. The fourth-order valence-corrected chi connectivity index (χ4v) is 1.65. The van der Waals surface area contributed by atoms with Crippen molar-refractivity contribution in [3.05, 3.63) is 29.6 Å². The second-order valence-corrected chi connectivity index (χ2v) is 5.49. The molecule has 114 valence electrons. The number of rotatable bonds is 2. The Balaban J connectivity index is 2.43. The smallest absolute Gasteiger partial charge is 0.333 e. The van der Waals surface area contributed by atoms with E-state index >= 15 is 0 Å². The maximum atomic E-state index is 13.0. The molecule has 0 unspecified atom stereocenters. The van der Waals surface area contributed by atoms with E-state index in [0.717, 1.165) is 12.1 Å². The van der Waals surface area contributed by atoms with Crippen molar-refractivity contribution in [2.75, 3.05) is 5.32 Å². The molecule has 8 heteroatoms. The quantitative estimate of drug-likeness (QED) is 0.848. The molecule has 1 aromatic carbocycles. The summed E-state index contributed by atoms with van der Waals surface area (Å²) in [5.41, 5.74) is -1.88. The van der Waals surface area contributed by atoms with Crippen LogP contribution in [0.3, 0.4) is 0 Å². The Morgan fingerprint density at radius 1 is 1.14 bits per heavy atom. The minimum absolute atomic E-state index is 0.00468. The summed E-state index contributed by atoms with van der Waals surface area (Å²) in [4.78, 5) is 3.86. The zero-order valence-corrected chi connectivity index (χ0v) is 11.5. The minimum Gasteiger partial charge on any atom is -0.333 e. The zero-order valence-electron chi connectivity index (χ0n) is 11.5. The number of benzene rings is 1. The summed E-state index contributed by atoms with van der Waals surface area (Å²) in [6.45, 7) is 5.49. The molecule has 0 fully saturated rings. The van der Waals surface area contributed by atoms with E-state index in [1.807, 2.05) is 20.8 Å². The van der Waals surface area contributed by atoms with Crippen LogP contribution in [-0.4, -0.2) is 15.7 Å². The maximum Gasteiger partial charge on any atom is 0.417 e. The van der Waals surface area contributed by atoms with Crippen molar-refractivity contribution in [3.63, 3.8) is 0 Å². The van der Waals surface area contributed by atoms with Crippen LogP contribution in [0.5, 0.6) is 0 Å². The second-order valence-electron chi connectivity index (χ2n) is 5.49. The van der Waals surface area contributed by atoms with E-state index in [2.05, 4.69) is 15.5 Å². The van der Waals surface area contributed by atoms with Gasteiger partial charge >= 0.3 is 12.2 Å². The number of hydrogen-bond donors (Lipinski definition) is 1. The number of anilines is 1. The van der Waals surface area contributed by atoms with Crippen molar-refractivity contribution >= 4 is 6.01 Å². The normalized spacial score (nSPS) is 12.5. The fraction of sp³-hybridized carbons (Fsp3) is 0.385. The van der Waals surface area contributed by atoms with Gasteiger partial charge in [0.1, 0.15) is 5.82 Å². The molecule has 1 heterocycles. The lowest BCUT2D eigenvalue weighted by Crippen LogP contribution is -2.26. The van der Waals surface area contributed by atoms with Crippen LogP contribution in [0, 0.1) is 5.82 Å². The van der Waals surface area contributed by atoms with Gasteiger partial charge in [0.05, 0.1) is 5.56 Å². The molecule has 21 heavy (non-hydrogen) atoms. The molecule has 0 bridgehead atoms. The maximum absolute atomic E-state index is 13.0. The molecule has 1 aromatic heterocycles. The molecule has 0 saturated heterocycles. The zero-order chi connectivity index (χ0) is 15.8. The van der Waals surface area contributed by atoms with Crippen LogP contribution in [0.4, 0.5) is 23.6 Å². The molecule has 0 amide bonds.